The van der Waals surface area contributed by atoms with Gasteiger partial charge in [-0.05, 0) is 18.2 Å². The maximum atomic E-state index is 11.1. The molecule has 1 saturated heterocycles. The number of nitrogens with zero attached hydrogens (tertiary/aromatic N) is 4. The highest BCUT2D eigenvalue weighted by Gasteiger charge is 2.20. The number of carboxylic acids is 1. The number of benzene rings is 1. The monoisotopic (exact) mass is 333 g/mol. The number of hydrogen-bond acceptors (Lipinski definition) is 6. The van der Waals surface area contributed by atoms with E-state index in [0.717, 1.165) is 37.6 Å². The zero-order valence-corrected chi connectivity index (χ0v) is 13.1. The van der Waals surface area contributed by atoms with Crippen molar-refractivity contribution >= 4 is 34.8 Å². The predicted molar refractivity (Wildman–Crippen MR) is 89.3 cm³/mol. The average Bonchev–Trinajstić information content (AvgIpc) is 2.57. The first-order valence-corrected chi connectivity index (χ1v) is 7.54. The molecule has 1 aliphatic rings. The molecule has 2 heterocycles. The zero-order chi connectivity index (χ0) is 16.4. The van der Waals surface area contributed by atoms with Crippen LogP contribution in [0.5, 0.6) is 0 Å². The maximum Gasteiger partial charge on any atom is 0.335 e. The van der Waals surface area contributed by atoms with Crippen molar-refractivity contribution in [2.45, 2.75) is 0 Å². The van der Waals surface area contributed by atoms with Crippen LogP contribution < -0.4 is 15.5 Å². The van der Waals surface area contributed by atoms with Gasteiger partial charge in [0.25, 0.3) is 0 Å². The number of rotatable bonds is 3. The quantitative estimate of drug-likeness (QED) is 0.883. The molecule has 0 aliphatic carbocycles. The molecule has 0 spiro atoms. The Morgan fingerprint density at radius 2 is 1.83 bits per heavy atom. The van der Waals surface area contributed by atoms with Crippen LogP contribution in [0.15, 0.2) is 30.3 Å². The number of nitrogens with two attached hydrogens (primary N) is 1. The van der Waals surface area contributed by atoms with E-state index >= 15 is 0 Å². The number of aromatic nitrogens is 2. The highest BCUT2D eigenvalue weighted by molar-refractivity contribution is 6.29. The Bertz CT molecular complexity index is 732. The summed E-state index contributed by atoms with van der Waals surface area (Å²) >= 11 is 5.89. The van der Waals surface area contributed by atoms with Crippen LogP contribution in [0.2, 0.25) is 5.15 Å². The fourth-order valence-corrected chi connectivity index (χ4v) is 2.80. The summed E-state index contributed by atoms with van der Waals surface area (Å²) in [7, 11) is 0. The van der Waals surface area contributed by atoms with E-state index in [1.807, 2.05) is 6.07 Å². The lowest BCUT2D eigenvalue weighted by Gasteiger charge is -2.37. The smallest absolute Gasteiger partial charge is 0.335 e. The van der Waals surface area contributed by atoms with Gasteiger partial charge < -0.3 is 20.6 Å². The van der Waals surface area contributed by atoms with E-state index < -0.39 is 5.97 Å². The summed E-state index contributed by atoms with van der Waals surface area (Å²) in [5, 5.41) is 17.0. The van der Waals surface area contributed by atoms with Gasteiger partial charge in [0.1, 0.15) is 0 Å². The van der Waals surface area contributed by atoms with Crippen LogP contribution in [0.3, 0.4) is 0 Å². The molecule has 0 radical (unpaired) electrons. The molecule has 0 saturated carbocycles. The number of piperazine rings is 1. The Kier molecular flexibility index (Phi) is 4.20. The van der Waals surface area contributed by atoms with Crippen LogP contribution in [0.4, 0.5) is 17.2 Å². The minimum absolute atomic E-state index is 0.291. The zero-order valence-electron chi connectivity index (χ0n) is 12.3. The largest absolute Gasteiger partial charge is 0.478 e. The first kappa shape index (κ1) is 15.4. The highest BCUT2D eigenvalue weighted by atomic mass is 35.5. The van der Waals surface area contributed by atoms with Crippen molar-refractivity contribution in [1.29, 1.82) is 0 Å². The predicted octanol–water partition coefficient (Wildman–Crippen LogP) is 1.74. The topological polar surface area (TPSA) is 95.6 Å². The lowest BCUT2D eigenvalue weighted by atomic mass is 10.1. The summed E-state index contributed by atoms with van der Waals surface area (Å²) in [4.78, 5) is 15.3. The number of carbonyl (C=O) groups is 1. The van der Waals surface area contributed by atoms with Crippen LogP contribution in [-0.4, -0.2) is 47.5 Å². The average molecular weight is 334 g/mol. The van der Waals surface area contributed by atoms with E-state index in [2.05, 4.69) is 20.0 Å². The van der Waals surface area contributed by atoms with Crippen molar-refractivity contribution < 1.29 is 9.90 Å². The third-order valence-corrected chi connectivity index (χ3v) is 4.03. The highest BCUT2D eigenvalue weighted by Crippen LogP contribution is 2.26. The number of halogens is 1. The molecular formula is C15H16ClN5O2. The van der Waals surface area contributed by atoms with E-state index in [1.54, 1.807) is 24.3 Å². The minimum atomic E-state index is -0.921. The molecule has 3 rings (SSSR count). The standard InChI is InChI=1S/C15H16ClN5O2/c16-13-9-12(14(17)19-18-13)21-6-4-20(5-7-21)11-3-1-2-10(8-11)15(22)23/h1-3,8-9H,4-7H2,(H2,17,19)(H,22,23). The molecule has 2 aromatic rings. The SMILES string of the molecule is Nc1nnc(Cl)cc1N1CCN(c2cccc(C(=O)O)c2)CC1. The van der Waals surface area contributed by atoms with Crippen molar-refractivity contribution in [1.82, 2.24) is 10.2 Å². The van der Waals surface area contributed by atoms with Gasteiger partial charge in [-0.25, -0.2) is 4.79 Å². The number of hydrogen-bond donors (Lipinski definition) is 2. The molecule has 1 aromatic heterocycles. The van der Waals surface area contributed by atoms with Crippen molar-refractivity contribution in [2.24, 2.45) is 0 Å². The molecule has 7 nitrogen and oxygen atoms in total. The molecule has 23 heavy (non-hydrogen) atoms. The third-order valence-electron chi connectivity index (χ3n) is 3.85. The van der Waals surface area contributed by atoms with E-state index in [9.17, 15) is 4.79 Å². The number of anilines is 3. The van der Waals surface area contributed by atoms with E-state index in [0.29, 0.717) is 16.5 Å². The van der Waals surface area contributed by atoms with Gasteiger partial charge in [-0.15, -0.1) is 10.2 Å². The second-order valence-electron chi connectivity index (χ2n) is 5.27. The molecule has 1 fully saturated rings. The van der Waals surface area contributed by atoms with Crippen molar-refractivity contribution in [3.8, 4) is 0 Å². The molecule has 1 aliphatic heterocycles. The summed E-state index contributed by atoms with van der Waals surface area (Å²) in [5.74, 6) is -0.563. The molecular weight excluding hydrogens is 318 g/mol. The van der Waals surface area contributed by atoms with Crippen molar-refractivity contribution in [3.63, 3.8) is 0 Å². The van der Waals surface area contributed by atoms with Crippen LogP contribution in [0.1, 0.15) is 10.4 Å². The Morgan fingerprint density at radius 3 is 2.52 bits per heavy atom. The van der Waals surface area contributed by atoms with Gasteiger partial charge in [-0.2, -0.15) is 0 Å². The first-order valence-electron chi connectivity index (χ1n) is 7.16. The van der Waals surface area contributed by atoms with E-state index in [4.69, 9.17) is 22.4 Å². The lowest BCUT2D eigenvalue weighted by Crippen LogP contribution is -2.46. The van der Waals surface area contributed by atoms with Crippen molar-refractivity contribution in [3.05, 3.63) is 41.0 Å². The lowest BCUT2D eigenvalue weighted by molar-refractivity contribution is 0.0697. The number of aromatic carboxylic acids is 1. The van der Waals surface area contributed by atoms with Gasteiger partial charge in [0.2, 0.25) is 0 Å². The second-order valence-corrected chi connectivity index (χ2v) is 5.65. The fraction of sp³-hybridized carbons (Fsp3) is 0.267. The van der Waals surface area contributed by atoms with Gasteiger partial charge in [-0.3, -0.25) is 0 Å². The Labute approximate surface area is 138 Å². The van der Waals surface area contributed by atoms with Gasteiger partial charge in [0.05, 0.1) is 11.3 Å². The van der Waals surface area contributed by atoms with Crippen LogP contribution in [0, 0.1) is 0 Å². The Balaban J connectivity index is 1.72. The summed E-state index contributed by atoms with van der Waals surface area (Å²) < 4.78 is 0. The van der Waals surface area contributed by atoms with Crippen LogP contribution in [-0.2, 0) is 0 Å². The molecule has 1 aromatic carbocycles. The van der Waals surface area contributed by atoms with Gasteiger partial charge in [-0.1, -0.05) is 17.7 Å². The molecule has 0 unspecified atom stereocenters. The molecule has 0 amide bonds. The Hall–Kier alpha value is -2.54. The normalized spacial score (nSPS) is 14.8. The third kappa shape index (κ3) is 3.29. The minimum Gasteiger partial charge on any atom is -0.478 e. The number of nitrogen functional groups attached to an aromatic ring is 1. The van der Waals surface area contributed by atoms with E-state index in [-0.39, 0.29) is 0 Å². The summed E-state index contributed by atoms with van der Waals surface area (Å²) in [6.45, 7) is 2.98. The summed E-state index contributed by atoms with van der Waals surface area (Å²) in [6, 6.07) is 8.67. The van der Waals surface area contributed by atoms with Gasteiger partial charge in [0.15, 0.2) is 11.0 Å². The number of carboxylic acid groups (broad SMARTS) is 1. The first-order chi connectivity index (χ1) is 11.0. The second kappa shape index (κ2) is 6.29. The van der Waals surface area contributed by atoms with Crippen LogP contribution >= 0.6 is 11.6 Å². The van der Waals surface area contributed by atoms with Crippen LogP contribution in [0.25, 0.3) is 0 Å². The van der Waals surface area contributed by atoms with Gasteiger partial charge >= 0.3 is 5.97 Å². The molecule has 0 bridgehead atoms. The maximum absolute atomic E-state index is 11.1. The van der Waals surface area contributed by atoms with E-state index in [1.165, 1.54) is 0 Å². The molecule has 120 valence electrons. The Morgan fingerprint density at radius 1 is 1.13 bits per heavy atom. The fourth-order valence-electron chi connectivity index (χ4n) is 2.66. The summed E-state index contributed by atoms with van der Waals surface area (Å²) in [5.41, 5.74) is 7.84. The molecule has 0 atom stereocenters. The van der Waals surface area contributed by atoms with Crippen molar-refractivity contribution in [2.75, 3.05) is 41.7 Å². The molecule has 3 N–H and O–H groups in total. The molecule has 8 heteroatoms. The summed E-state index contributed by atoms with van der Waals surface area (Å²) in [6.07, 6.45) is 0. The van der Waals surface area contributed by atoms with Gasteiger partial charge in [0, 0.05) is 37.9 Å².